The Kier molecular flexibility index (Phi) is 7.50. The molecule has 0 unspecified atom stereocenters. The van der Waals surface area contributed by atoms with Crippen molar-refractivity contribution in [3.8, 4) is 5.88 Å². The molecule has 1 saturated heterocycles. The summed E-state index contributed by atoms with van der Waals surface area (Å²) in [5, 5.41) is 22.7. The van der Waals surface area contributed by atoms with Crippen LogP contribution in [-0.4, -0.2) is 71.7 Å². The molecule has 1 aromatic heterocycles. The van der Waals surface area contributed by atoms with E-state index in [1.807, 2.05) is 12.1 Å². The van der Waals surface area contributed by atoms with Crippen LogP contribution in [0.5, 0.6) is 5.88 Å². The first-order chi connectivity index (χ1) is 14.1. The molecule has 0 saturated carbocycles. The van der Waals surface area contributed by atoms with Crippen molar-refractivity contribution in [2.75, 3.05) is 46.0 Å². The van der Waals surface area contributed by atoms with Crippen LogP contribution in [0.25, 0.3) is 10.9 Å². The average molecular weight is 420 g/mol. The maximum Gasteiger partial charge on any atom is 0.326 e. The third-order valence-corrected chi connectivity index (χ3v) is 4.78. The van der Waals surface area contributed by atoms with Crippen molar-refractivity contribution in [3.05, 3.63) is 24.3 Å². The lowest BCUT2D eigenvalue weighted by atomic mass is 10.2. The number of aromatic hydroxyl groups is 1. The monoisotopic (exact) mass is 419 g/mol. The summed E-state index contributed by atoms with van der Waals surface area (Å²) in [5.41, 5.74) is 0.931. The van der Waals surface area contributed by atoms with Gasteiger partial charge in [-0.15, -0.1) is 10.2 Å². The number of fused-ring (bicyclic) bond motifs is 1. The molecule has 0 amide bonds. The van der Waals surface area contributed by atoms with Crippen LogP contribution in [0.1, 0.15) is 6.92 Å². The van der Waals surface area contributed by atoms with Crippen LogP contribution < -0.4 is 5.32 Å². The van der Waals surface area contributed by atoms with Gasteiger partial charge in [-0.3, -0.25) is 14.3 Å². The third kappa shape index (κ3) is 5.49. The van der Waals surface area contributed by atoms with Gasteiger partial charge in [0, 0.05) is 31.6 Å². The van der Waals surface area contributed by atoms with Crippen molar-refractivity contribution < 1.29 is 19.4 Å². The molecule has 1 aromatic carbocycles. The fourth-order valence-corrected chi connectivity index (χ4v) is 3.29. The molecule has 0 spiro atoms. The lowest BCUT2D eigenvalue weighted by molar-refractivity contribution is -0.143. The number of azo groups is 1. The molecular formula is C19H25N5O4S. The number of esters is 1. The summed E-state index contributed by atoms with van der Waals surface area (Å²) in [6, 6.07) is 7.25. The highest BCUT2D eigenvalue weighted by Gasteiger charge is 2.19. The van der Waals surface area contributed by atoms with Gasteiger partial charge in [-0.25, -0.2) is 0 Å². The molecule has 10 heteroatoms. The summed E-state index contributed by atoms with van der Waals surface area (Å²) in [4.78, 5) is 14.2. The standard InChI is InChI=1S/C19H25N5O4S/c1-2-28-16(25)13-24-15-6-4-3-5-14(15)17(18(24)26)21-22-19(29)20-7-8-23-9-11-27-12-10-23/h3-6,26H,2,7-13H2,1H3,(H,20,29). The van der Waals surface area contributed by atoms with Gasteiger partial charge < -0.3 is 19.9 Å². The van der Waals surface area contributed by atoms with Crippen molar-refractivity contribution >= 4 is 39.9 Å². The molecule has 1 aliphatic heterocycles. The number of carbonyl (C=O) groups excluding carboxylic acids is 1. The first-order valence-electron chi connectivity index (χ1n) is 9.55. The maximum absolute atomic E-state index is 11.9. The molecule has 9 nitrogen and oxygen atoms in total. The quantitative estimate of drug-likeness (QED) is 0.403. The van der Waals surface area contributed by atoms with Gasteiger partial charge in [0.05, 0.1) is 25.3 Å². The summed E-state index contributed by atoms with van der Waals surface area (Å²) in [7, 11) is 0. The Hall–Kier alpha value is -2.56. The van der Waals surface area contributed by atoms with Crippen LogP contribution in [0.15, 0.2) is 34.5 Å². The summed E-state index contributed by atoms with van der Waals surface area (Å²) < 4.78 is 11.8. The highest BCUT2D eigenvalue weighted by molar-refractivity contribution is 7.80. The Morgan fingerprint density at radius 1 is 1.34 bits per heavy atom. The van der Waals surface area contributed by atoms with Crippen molar-refractivity contribution in [2.45, 2.75) is 13.5 Å². The van der Waals surface area contributed by atoms with Crippen molar-refractivity contribution in [1.82, 2.24) is 14.8 Å². The Morgan fingerprint density at radius 2 is 2.10 bits per heavy atom. The van der Waals surface area contributed by atoms with Crippen LogP contribution in [0, 0.1) is 0 Å². The molecule has 0 radical (unpaired) electrons. The number of ether oxygens (including phenoxy) is 2. The molecule has 0 bridgehead atoms. The van der Waals surface area contributed by atoms with Crippen LogP contribution in [-0.2, 0) is 20.8 Å². The Balaban J connectivity index is 1.67. The SMILES string of the molecule is CCOC(=O)Cn1c(O)c(N=NC(=S)NCCN2CCOCC2)c2ccccc21. The zero-order chi connectivity index (χ0) is 20.6. The number of carbonyl (C=O) groups is 1. The second-order valence-electron chi connectivity index (χ2n) is 6.47. The fraction of sp³-hybridized carbons (Fsp3) is 0.474. The third-order valence-electron chi connectivity index (χ3n) is 4.56. The summed E-state index contributed by atoms with van der Waals surface area (Å²) in [5.74, 6) is -0.591. The van der Waals surface area contributed by atoms with Crippen LogP contribution in [0.3, 0.4) is 0 Å². The number of hydrogen-bond acceptors (Lipinski definition) is 7. The summed E-state index contributed by atoms with van der Waals surface area (Å²) in [6.07, 6.45) is 0. The van der Waals surface area contributed by atoms with E-state index in [2.05, 4.69) is 20.4 Å². The number of para-hydroxylation sites is 1. The lowest BCUT2D eigenvalue weighted by Crippen LogP contribution is -2.40. The van der Waals surface area contributed by atoms with Crippen LogP contribution in [0.2, 0.25) is 0 Å². The molecule has 29 heavy (non-hydrogen) atoms. The van der Waals surface area contributed by atoms with Gasteiger partial charge >= 0.3 is 5.97 Å². The van der Waals surface area contributed by atoms with Gasteiger partial charge in [0.25, 0.3) is 0 Å². The number of rotatable bonds is 7. The Labute approximate surface area is 174 Å². The van der Waals surface area contributed by atoms with E-state index in [0.717, 1.165) is 32.8 Å². The second kappa shape index (κ2) is 10.3. The van der Waals surface area contributed by atoms with E-state index in [9.17, 15) is 9.90 Å². The molecule has 2 heterocycles. The molecule has 0 atom stereocenters. The van der Waals surface area contributed by atoms with Gasteiger partial charge in [0.2, 0.25) is 11.0 Å². The minimum Gasteiger partial charge on any atom is -0.493 e. The van der Waals surface area contributed by atoms with Crippen molar-refractivity contribution in [2.24, 2.45) is 10.2 Å². The molecule has 0 aliphatic carbocycles. The van der Waals surface area contributed by atoms with Gasteiger partial charge in [0.15, 0.2) is 5.69 Å². The van der Waals surface area contributed by atoms with Gasteiger partial charge in [-0.1, -0.05) is 18.2 Å². The molecule has 1 aliphatic rings. The topological polar surface area (TPSA) is 101 Å². The minimum absolute atomic E-state index is 0.113. The number of hydrogen-bond donors (Lipinski definition) is 2. The minimum atomic E-state index is -0.438. The number of nitrogens with zero attached hydrogens (tertiary/aromatic N) is 4. The Bertz CT molecular complexity index is 892. The van der Waals surface area contributed by atoms with Crippen LogP contribution in [0.4, 0.5) is 5.69 Å². The fourth-order valence-electron chi connectivity index (χ4n) is 3.14. The Morgan fingerprint density at radius 3 is 2.86 bits per heavy atom. The van der Waals surface area contributed by atoms with Crippen molar-refractivity contribution in [1.29, 1.82) is 0 Å². The first kappa shape index (κ1) is 21.2. The van der Waals surface area contributed by atoms with E-state index >= 15 is 0 Å². The van der Waals surface area contributed by atoms with Gasteiger partial charge in [-0.05, 0) is 25.2 Å². The predicted molar refractivity (Wildman–Crippen MR) is 113 cm³/mol. The summed E-state index contributed by atoms with van der Waals surface area (Å²) in [6.45, 7) is 6.69. The van der Waals surface area contributed by atoms with E-state index in [1.165, 1.54) is 4.57 Å². The van der Waals surface area contributed by atoms with E-state index in [4.69, 9.17) is 21.7 Å². The van der Waals surface area contributed by atoms with Crippen LogP contribution >= 0.6 is 12.2 Å². The molecule has 1 fully saturated rings. The lowest BCUT2D eigenvalue weighted by Gasteiger charge is -2.26. The number of aromatic nitrogens is 1. The zero-order valence-electron chi connectivity index (χ0n) is 16.3. The van der Waals surface area contributed by atoms with E-state index in [1.54, 1.807) is 19.1 Å². The number of morpholine rings is 1. The second-order valence-corrected chi connectivity index (χ2v) is 6.85. The highest BCUT2D eigenvalue weighted by Crippen LogP contribution is 2.38. The molecule has 2 aromatic rings. The number of benzene rings is 1. The predicted octanol–water partition coefficient (Wildman–Crippen LogP) is 2.20. The van der Waals surface area contributed by atoms with E-state index in [-0.39, 0.29) is 29.8 Å². The maximum atomic E-state index is 11.9. The largest absolute Gasteiger partial charge is 0.493 e. The molecule has 156 valence electrons. The average Bonchev–Trinajstić information content (AvgIpc) is 2.99. The smallest absolute Gasteiger partial charge is 0.326 e. The van der Waals surface area contributed by atoms with Crippen molar-refractivity contribution in [3.63, 3.8) is 0 Å². The number of nitrogens with one attached hydrogen (secondary N) is 1. The van der Waals surface area contributed by atoms with E-state index < -0.39 is 5.97 Å². The molecule has 2 N–H and O–H groups in total. The number of thiocarbonyl (C=S) groups is 1. The van der Waals surface area contributed by atoms with Gasteiger partial charge in [0.1, 0.15) is 6.54 Å². The zero-order valence-corrected chi connectivity index (χ0v) is 17.2. The van der Waals surface area contributed by atoms with E-state index in [0.29, 0.717) is 17.4 Å². The molecule has 3 rings (SSSR count). The highest BCUT2D eigenvalue weighted by atomic mass is 32.1. The summed E-state index contributed by atoms with van der Waals surface area (Å²) >= 11 is 5.22. The normalized spacial score (nSPS) is 15.1. The molecular weight excluding hydrogens is 394 g/mol. The van der Waals surface area contributed by atoms with Gasteiger partial charge in [-0.2, -0.15) is 0 Å². The first-order valence-corrected chi connectivity index (χ1v) is 9.96.